The molecule has 1 aliphatic carbocycles. The number of halogens is 1. The number of aryl methyl sites for hydroxylation is 1. The fourth-order valence-corrected chi connectivity index (χ4v) is 4.13. The minimum Gasteiger partial charge on any atom is -0.272 e. The predicted octanol–water partition coefficient (Wildman–Crippen LogP) is 4.61. The molecular formula is C16H27ClN2. The van der Waals surface area contributed by atoms with Crippen LogP contribution in [0.1, 0.15) is 58.9 Å². The zero-order chi connectivity index (χ0) is 14.0. The van der Waals surface area contributed by atoms with Crippen molar-refractivity contribution in [1.29, 1.82) is 0 Å². The van der Waals surface area contributed by atoms with Gasteiger partial charge in [0.15, 0.2) is 0 Å². The zero-order valence-corrected chi connectivity index (χ0v) is 13.5. The number of alkyl halides is 1. The maximum Gasteiger partial charge on any atom is 0.0527 e. The molecule has 0 saturated heterocycles. The highest BCUT2D eigenvalue weighted by Gasteiger charge is 2.39. The minimum atomic E-state index is 0.124. The monoisotopic (exact) mass is 282 g/mol. The van der Waals surface area contributed by atoms with Crippen molar-refractivity contribution in [3.63, 3.8) is 0 Å². The molecule has 19 heavy (non-hydrogen) atoms. The van der Waals surface area contributed by atoms with E-state index in [1.54, 1.807) is 0 Å². The second-order valence-corrected chi connectivity index (χ2v) is 7.32. The molecule has 1 saturated carbocycles. The Hall–Kier alpha value is -0.500. The van der Waals surface area contributed by atoms with Crippen LogP contribution in [0.5, 0.6) is 0 Å². The van der Waals surface area contributed by atoms with Gasteiger partial charge in [-0.25, -0.2) is 0 Å². The molecule has 2 rings (SSSR count). The maximum atomic E-state index is 6.65. The van der Waals surface area contributed by atoms with E-state index in [4.69, 9.17) is 11.6 Å². The summed E-state index contributed by atoms with van der Waals surface area (Å²) in [4.78, 5) is 0. The van der Waals surface area contributed by atoms with E-state index in [2.05, 4.69) is 43.7 Å². The Labute approximate surface area is 122 Å². The Bertz CT molecular complexity index is 411. The van der Waals surface area contributed by atoms with Crippen molar-refractivity contribution in [1.82, 2.24) is 9.78 Å². The van der Waals surface area contributed by atoms with Gasteiger partial charge in [-0.05, 0) is 42.1 Å². The van der Waals surface area contributed by atoms with E-state index < -0.39 is 0 Å². The Morgan fingerprint density at radius 1 is 1.42 bits per heavy atom. The molecular weight excluding hydrogens is 256 g/mol. The summed E-state index contributed by atoms with van der Waals surface area (Å²) in [6.45, 7) is 10.2. The highest BCUT2D eigenvalue weighted by Crippen LogP contribution is 2.44. The molecule has 1 aromatic heterocycles. The van der Waals surface area contributed by atoms with Gasteiger partial charge >= 0.3 is 0 Å². The first-order valence-electron chi connectivity index (χ1n) is 7.62. The van der Waals surface area contributed by atoms with E-state index in [9.17, 15) is 0 Å². The minimum absolute atomic E-state index is 0.124. The Morgan fingerprint density at radius 2 is 2.16 bits per heavy atom. The average molecular weight is 283 g/mol. The van der Waals surface area contributed by atoms with Crippen LogP contribution in [0.25, 0.3) is 0 Å². The van der Waals surface area contributed by atoms with E-state index in [1.165, 1.54) is 18.4 Å². The first-order chi connectivity index (χ1) is 8.95. The van der Waals surface area contributed by atoms with Crippen LogP contribution in [0.4, 0.5) is 0 Å². The van der Waals surface area contributed by atoms with Gasteiger partial charge in [-0.3, -0.25) is 4.68 Å². The van der Waals surface area contributed by atoms with Crippen LogP contribution in [0.2, 0.25) is 0 Å². The van der Waals surface area contributed by atoms with Gasteiger partial charge in [0.2, 0.25) is 0 Å². The Kier molecular flexibility index (Phi) is 4.60. The van der Waals surface area contributed by atoms with E-state index in [1.807, 2.05) is 6.20 Å². The van der Waals surface area contributed by atoms with Crippen molar-refractivity contribution in [2.24, 2.45) is 11.8 Å². The van der Waals surface area contributed by atoms with Crippen molar-refractivity contribution in [3.8, 4) is 0 Å². The van der Waals surface area contributed by atoms with Gasteiger partial charge < -0.3 is 0 Å². The lowest BCUT2D eigenvalue weighted by molar-refractivity contribution is 0.207. The number of aromatic nitrogens is 2. The van der Waals surface area contributed by atoms with Crippen molar-refractivity contribution in [3.05, 3.63) is 18.0 Å². The van der Waals surface area contributed by atoms with Crippen LogP contribution in [0.3, 0.4) is 0 Å². The molecule has 0 amide bonds. The van der Waals surface area contributed by atoms with Gasteiger partial charge in [0.25, 0.3) is 0 Å². The van der Waals surface area contributed by atoms with E-state index in [-0.39, 0.29) is 5.41 Å². The molecule has 3 unspecified atom stereocenters. The molecule has 0 N–H and O–H groups in total. The molecule has 1 fully saturated rings. The quantitative estimate of drug-likeness (QED) is 0.737. The topological polar surface area (TPSA) is 17.8 Å². The smallest absolute Gasteiger partial charge is 0.0527 e. The summed E-state index contributed by atoms with van der Waals surface area (Å²) in [7, 11) is 0. The second-order valence-electron chi connectivity index (χ2n) is 6.75. The molecule has 0 spiro atoms. The molecule has 2 nitrogen and oxygen atoms in total. The van der Waals surface area contributed by atoms with Gasteiger partial charge in [-0.15, -0.1) is 11.6 Å². The predicted molar refractivity (Wildman–Crippen MR) is 81.7 cm³/mol. The standard InChI is InChI=1S/C16H27ClN2/c1-5-8-19-11-13(10-18-19)16(3,4)14-7-6-12(2)9-15(14)17/h10-12,14-15H,5-9H2,1-4H3. The van der Waals surface area contributed by atoms with Gasteiger partial charge in [-0.1, -0.05) is 34.1 Å². The average Bonchev–Trinajstić information content (AvgIpc) is 2.78. The molecule has 1 aromatic rings. The lowest BCUT2D eigenvalue weighted by Gasteiger charge is -2.41. The molecule has 0 radical (unpaired) electrons. The van der Waals surface area contributed by atoms with Gasteiger partial charge in [0.05, 0.1) is 6.20 Å². The highest BCUT2D eigenvalue weighted by atomic mass is 35.5. The van der Waals surface area contributed by atoms with Crippen LogP contribution in [-0.4, -0.2) is 15.2 Å². The molecule has 3 heteroatoms. The Balaban J connectivity index is 2.15. The van der Waals surface area contributed by atoms with Crippen molar-refractivity contribution < 1.29 is 0 Å². The summed E-state index contributed by atoms with van der Waals surface area (Å²) in [5.41, 5.74) is 1.46. The van der Waals surface area contributed by atoms with Crippen molar-refractivity contribution in [2.75, 3.05) is 0 Å². The molecule has 1 heterocycles. The summed E-state index contributed by atoms with van der Waals surface area (Å²) >= 11 is 6.65. The van der Waals surface area contributed by atoms with Gasteiger partial charge in [0, 0.05) is 18.1 Å². The SMILES string of the molecule is CCCn1cc(C(C)(C)C2CCC(C)CC2Cl)cn1. The summed E-state index contributed by atoms with van der Waals surface area (Å²) < 4.78 is 2.06. The van der Waals surface area contributed by atoms with E-state index in [0.717, 1.165) is 25.3 Å². The molecule has 3 atom stereocenters. The fraction of sp³-hybridized carbons (Fsp3) is 0.812. The van der Waals surface area contributed by atoms with Gasteiger partial charge in [0.1, 0.15) is 0 Å². The first-order valence-corrected chi connectivity index (χ1v) is 8.05. The third-order valence-electron chi connectivity index (χ3n) is 4.79. The summed E-state index contributed by atoms with van der Waals surface area (Å²) in [6, 6.07) is 0. The molecule has 0 bridgehead atoms. The van der Waals surface area contributed by atoms with Gasteiger partial charge in [-0.2, -0.15) is 5.10 Å². The van der Waals surface area contributed by atoms with Crippen LogP contribution < -0.4 is 0 Å². The lowest BCUT2D eigenvalue weighted by atomic mass is 9.66. The van der Waals surface area contributed by atoms with E-state index >= 15 is 0 Å². The third kappa shape index (κ3) is 3.16. The number of hydrogen-bond donors (Lipinski definition) is 0. The normalized spacial score (nSPS) is 28.6. The van der Waals surface area contributed by atoms with Crippen molar-refractivity contribution >= 4 is 11.6 Å². The molecule has 108 valence electrons. The summed E-state index contributed by atoms with van der Waals surface area (Å²) in [5, 5.41) is 4.78. The number of hydrogen-bond acceptors (Lipinski definition) is 1. The number of rotatable bonds is 4. The van der Waals surface area contributed by atoms with E-state index in [0.29, 0.717) is 11.3 Å². The zero-order valence-electron chi connectivity index (χ0n) is 12.7. The lowest BCUT2D eigenvalue weighted by Crippen LogP contribution is -2.38. The number of nitrogens with zero attached hydrogens (tertiary/aromatic N) is 2. The van der Waals surface area contributed by atoms with Crippen LogP contribution in [0, 0.1) is 11.8 Å². The van der Waals surface area contributed by atoms with Crippen molar-refractivity contribution in [2.45, 2.75) is 70.7 Å². The fourth-order valence-electron chi connectivity index (χ4n) is 3.39. The third-order valence-corrected chi connectivity index (χ3v) is 5.27. The first kappa shape index (κ1) is 14.9. The molecule has 0 aromatic carbocycles. The molecule has 0 aliphatic heterocycles. The van der Waals surface area contributed by atoms with Crippen LogP contribution in [-0.2, 0) is 12.0 Å². The van der Waals surface area contributed by atoms with Crippen LogP contribution in [0.15, 0.2) is 12.4 Å². The molecule has 1 aliphatic rings. The summed E-state index contributed by atoms with van der Waals surface area (Å²) in [5.74, 6) is 1.34. The van der Waals surface area contributed by atoms with Crippen LogP contribution >= 0.6 is 11.6 Å². The highest BCUT2D eigenvalue weighted by molar-refractivity contribution is 6.20. The maximum absolute atomic E-state index is 6.65. The second kappa shape index (κ2) is 5.87. The summed E-state index contributed by atoms with van der Waals surface area (Å²) in [6.07, 6.45) is 9.07. The Morgan fingerprint density at radius 3 is 2.79 bits per heavy atom. The largest absolute Gasteiger partial charge is 0.272 e.